The molecule has 5 heteroatoms. The zero-order valence-corrected chi connectivity index (χ0v) is 11.6. The summed E-state index contributed by atoms with van der Waals surface area (Å²) in [5, 5.41) is 9.41. The Kier molecular flexibility index (Phi) is 3.25. The first-order valence-electron chi connectivity index (χ1n) is 6.72. The van der Waals surface area contributed by atoms with Gasteiger partial charge in [0.25, 0.3) is 5.91 Å². The molecule has 0 fully saturated rings. The Hall–Kier alpha value is -2.56. The van der Waals surface area contributed by atoms with E-state index in [0.29, 0.717) is 6.54 Å². The third-order valence-electron chi connectivity index (χ3n) is 3.84. The molecule has 0 spiro atoms. The predicted molar refractivity (Wildman–Crippen MR) is 75.0 cm³/mol. The SMILES string of the molecule is Cc1ccoc1C(=O)N1Cc2ccccc2C(C(=O)O)C1. The maximum absolute atomic E-state index is 12.5. The van der Waals surface area contributed by atoms with Crippen molar-refractivity contribution in [3.05, 3.63) is 59.0 Å². The predicted octanol–water partition coefficient (Wildman–Crippen LogP) is 2.41. The van der Waals surface area contributed by atoms with Crippen LogP contribution in [0.15, 0.2) is 41.0 Å². The number of aryl methyl sites for hydroxylation is 1. The van der Waals surface area contributed by atoms with E-state index in [0.717, 1.165) is 16.7 Å². The molecule has 1 unspecified atom stereocenters. The van der Waals surface area contributed by atoms with Crippen LogP contribution in [0.3, 0.4) is 0 Å². The molecule has 1 atom stereocenters. The first-order valence-corrected chi connectivity index (χ1v) is 6.72. The highest BCUT2D eigenvalue weighted by atomic mass is 16.4. The van der Waals surface area contributed by atoms with E-state index in [1.807, 2.05) is 24.3 Å². The minimum atomic E-state index is -0.920. The molecule has 1 N–H and O–H groups in total. The van der Waals surface area contributed by atoms with E-state index in [2.05, 4.69) is 0 Å². The third kappa shape index (κ3) is 2.31. The Bertz CT molecular complexity index is 704. The fraction of sp³-hybridized carbons (Fsp3) is 0.250. The molecule has 0 aliphatic carbocycles. The molecule has 3 rings (SSSR count). The first-order chi connectivity index (χ1) is 10.1. The minimum Gasteiger partial charge on any atom is -0.481 e. The average Bonchev–Trinajstić information content (AvgIpc) is 2.91. The maximum Gasteiger partial charge on any atom is 0.312 e. The number of aliphatic carboxylic acids is 1. The maximum atomic E-state index is 12.5. The number of carbonyl (C=O) groups excluding carboxylic acids is 1. The third-order valence-corrected chi connectivity index (χ3v) is 3.84. The van der Waals surface area contributed by atoms with Crippen molar-refractivity contribution in [2.24, 2.45) is 0 Å². The number of hydrogen-bond acceptors (Lipinski definition) is 3. The Morgan fingerprint density at radius 1 is 1.29 bits per heavy atom. The van der Waals surface area contributed by atoms with Crippen molar-refractivity contribution in [1.29, 1.82) is 0 Å². The van der Waals surface area contributed by atoms with Crippen LogP contribution in [0.5, 0.6) is 0 Å². The number of carboxylic acids is 1. The van der Waals surface area contributed by atoms with Crippen LogP contribution in [0.25, 0.3) is 0 Å². The lowest BCUT2D eigenvalue weighted by Crippen LogP contribution is -2.40. The number of carboxylic acid groups (broad SMARTS) is 1. The summed E-state index contributed by atoms with van der Waals surface area (Å²) >= 11 is 0. The molecule has 1 amide bonds. The lowest BCUT2D eigenvalue weighted by Gasteiger charge is -2.32. The van der Waals surface area contributed by atoms with Gasteiger partial charge in [-0.1, -0.05) is 24.3 Å². The molecule has 2 heterocycles. The van der Waals surface area contributed by atoms with Crippen molar-refractivity contribution in [2.75, 3.05) is 6.54 Å². The van der Waals surface area contributed by atoms with Crippen LogP contribution in [0, 0.1) is 6.92 Å². The van der Waals surface area contributed by atoms with Gasteiger partial charge < -0.3 is 14.4 Å². The van der Waals surface area contributed by atoms with Gasteiger partial charge in [-0.25, -0.2) is 0 Å². The molecule has 108 valence electrons. The molecule has 21 heavy (non-hydrogen) atoms. The number of carbonyl (C=O) groups is 2. The number of rotatable bonds is 2. The molecular formula is C16H15NO4. The summed E-state index contributed by atoms with van der Waals surface area (Å²) in [6.45, 7) is 2.35. The second kappa shape index (κ2) is 5.09. The second-order valence-electron chi connectivity index (χ2n) is 5.21. The van der Waals surface area contributed by atoms with Crippen molar-refractivity contribution in [2.45, 2.75) is 19.4 Å². The van der Waals surface area contributed by atoms with E-state index in [4.69, 9.17) is 4.42 Å². The highest BCUT2D eigenvalue weighted by molar-refractivity contribution is 5.93. The van der Waals surface area contributed by atoms with E-state index >= 15 is 0 Å². The summed E-state index contributed by atoms with van der Waals surface area (Å²) in [5.74, 6) is -1.61. The Morgan fingerprint density at radius 3 is 2.71 bits per heavy atom. The van der Waals surface area contributed by atoms with Gasteiger partial charge in [0.05, 0.1) is 12.2 Å². The molecule has 0 saturated carbocycles. The highest BCUT2D eigenvalue weighted by Crippen LogP contribution is 2.29. The molecule has 0 saturated heterocycles. The Morgan fingerprint density at radius 2 is 2.05 bits per heavy atom. The molecule has 1 aliphatic heterocycles. The van der Waals surface area contributed by atoms with E-state index < -0.39 is 11.9 Å². The van der Waals surface area contributed by atoms with Gasteiger partial charge in [0.15, 0.2) is 5.76 Å². The summed E-state index contributed by atoms with van der Waals surface area (Å²) in [6, 6.07) is 9.07. The molecule has 5 nitrogen and oxygen atoms in total. The molecule has 2 aromatic rings. The monoisotopic (exact) mass is 285 g/mol. The fourth-order valence-electron chi connectivity index (χ4n) is 2.71. The number of benzene rings is 1. The quantitative estimate of drug-likeness (QED) is 0.919. The number of hydrogen-bond donors (Lipinski definition) is 1. The molecular weight excluding hydrogens is 270 g/mol. The van der Waals surface area contributed by atoms with E-state index in [9.17, 15) is 14.7 Å². The van der Waals surface area contributed by atoms with Crippen molar-refractivity contribution >= 4 is 11.9 Å². The van der Waals surface area contributed by atoms with Crippen molar-refractivity contribution in [3.8, 4) is 0 Å². The molecule has 1 aromatic heterocycles. The van der Waals surface area contributed by atoms with Gasteiger partial charge in [-0.05, 0) is 24.1 Å². The van der Waals surface area contributed by atoms with Crippen LogP contribution in [0.4, 0.5) is 0 Å². The minimum absolute atomic E-state index is 0.158. The Labute approximate surface area is 121 Å². The fourth-order valence-corrected chi connectivity index (χ4v) is 2.71. The van der Waals surface area contributed by atoms with Gasteiger partial charge in [-0.15, -0.1) is 0 Å². The zero-order chi connectivity index (χ0) is 15.0. The lowest BCUT2D eigenvalue weighted by atomic mass is 9.89. The largest absolute Gasteiger partial charge is 0.481 e. The first kappa shape index (κ1) is 13.4. The van der Waals surface area contributed by atoms with Crippen molar-refractivity contribution < 1.29 is 19.1 Å². The van der Waals surface area contributed by atoms with Gasteiger partial charge in [0, 0.05) is 18.7 Å². The van der Waals surface area contributed by atoms with Crippen LogP contribution < -0.4 is 0 Å². The van der Waals surface area contributed by atoms with Crippen LogP contribution >= 0.6 is 0 Å². The van der Waals surface area contributed by atoms with Gasteiger partial charge in [-0.3, -0.25) is 9.59 Å². The standard InChI is InChI=1S/C16H15NO4/c1-10-6-7-21-14(10)15(18)17-8-11-4-2-3-5-12(11)13(9-17)16(19)20/h2-7,13H,8-9H2,1H3,(H,19,20). The number of nitrogens with zero attached hydrogens (tertiary/aromatic N) is 1. The molecule has 1 aliphatic rings. The van der Waals surface area contributed by atoms with Crippen molar-refractivity contribution in [3.63, 3.8) is 0 Å². The summed E-state index contributed by atoms with van der Waals surface area (Å²) in [6.07, 6.45) is 1.47. The molecule has 0 radical (unpaired) electrons. The van der Waals surface area contributed by atoms with E-state index in [1.54, 1.807) is 13.0 Å². The topological polar surface area (TPSA) is 70.8 Å². The van der Waals surface area contributed by atoms with Crippen LogP contribution in [-0.2, 0) is 11.3 Å². The van der Waals surface area contributed by atoms with Crippen molar-refractivity contribution in [1.82, 2.24) is 4.90 Å². The number of amides is 1. The average molecular weight is 285 g/mol. The highest BCUT2D eigenvalue weighted by Gasteiger charge is 2.33. The Balaban J connectivity index is 1.95. The van der Waals surface area contributed by atoms with Gasteiger partial charge in [0.1, 0.15) is 0 Å². The van der Waals surface area contributed by atoms with Crippen LogP contribution in [0.1, 0.15) is 33.2 Å². The van der Waals surface area contributed by atoms with Crippen LogP contribution in [0.2, 0.25) is 0 Å². The lowest BCUT2D eigenvalue weighted by molar-refractivity contribution is -0.139. The summed E-state index contributed by atoms with van der Waals surface area (Å²) in [7, 11) is 0. The number of fused-ring (bicyclic) bond motifs is 1. The summed E-state index contributed by atoms with van der Waals surface area (Å²) < 4.78 is 5.22. The second-order valence-corrected chi connectivity index (χ2v) is 5.21. The van der Waals surface area contributed by atoms with Gasteiger partial charge in [0.2, 0.25) is 0 Å². The molecule has 0 bridgehead atoms. The molecule has 1 aromatic carbocycles. The van der Waals surface area contributed by atoms with E-state index in [1.165, 1.54) is 11.2 Å². The van der Waals surface area contributed by atoms with Gasteiger partial charge >= 0.3 is 5.97 Å². The normalized spacial score (nSPS) is 17.4. The summed E-state index contributed by atoms with van der Waals surface area (Å²) in [5.41, 5.74) is 2.41. The zero-order valence-electron chi connectivity index (χ0n) is 11.6. The number of furan rings is 1. The van der Waals surface area contributed by atoms with Crippen LogP contribution in [-0.4, -0.2) is 28.4 Å². The smallest absolute Gasteiger partial charge is 0.312 e. The van der Waals surface area contributed by atoms with Gasteiger partial charge in [-0.2, -0.15) is 0 Å². The summed E-state index contributed by atoms with van der Waals surface area (Å²) in [4.78, 5) is 25.5. The van der Waals surface area contributed by atoms with E-state index in [-0.39, 0.29) is 18.2 Å².